The predicted octanol–water partition coefficient (Wildman–Crippen LogP) is 4.90. The van der Waals surface area contributed by atoms with Crippen LogP contribution in [0, 0.1) is 11.6 Å². The minimum Gasteiger partial charge on any atom is -0.505 e. The number of rotatable bonds is 7. The second-order valence-corrected chi connectivity index (χ2v) is 7.89. The summed E-state index contributed by atoms with van der Waals surface area (Å²) in [5, 5.41) is 12.1. The molecular weight excluding hydrogens is 510 g/mol. The number of phenolic OH excluding ortho intramolecular Hbond substituents is 1. The van der Waals surface area contributed by atoms with Crippen LogP contribution in [0.5, 0.6) is 23.0 Å². The van der Waals surface area contributed by atoms with Crippen LogP contribution in [0.3, 0.4) is 0 Å². The number of nitrogens with one attached hydrogen (secondary N) is 1. The highest BCUT2D eigenvalue weighted by molar-refractivity contribution is 6.34. The van der Waals surface area contributed by atoms with Crippen LogP contribution < -0.4 is 26.1 Å². The van der Waals surface area contributed by atoms with E-state index in [2.05, 4.69) is 10.3 Å². The summed E-state index contributed by atoms with van der Waals surface area (Å²) in [6.45, 7) is 1.83. The van der Waals surface area contributed by atoms with E-state index in [0.29, 0.717) is 0 Å². The van der Waals surface area contributed by atoms with Crippen molar-refractivity contribution in [1.29, 1.82) is 0 Å². The standard InChI is InChI=1S/C25H19ClF2N4O5/c1-2-36-19-8-10-32(14-4-5-15(27)17(33)12-14)25(35)21(19)24(34)31-13-3-6-18(16(28)11-13)37-20-7-9-30-23(29)22(20)26/h3-12,33H,2H2,1H3,(H2,29,30)(H,31,34). The molecule has 4 aromatic rings. The normalized spacial score (nSPS) is 10.7. The maximum absolute atomic E-state index is 14.7. The molecular formula is C25H19ClF2N4O5. The number of phenols is 1. The molecule has 0 aliphatic heterocycles. The summed E-state index contributed by atoms with van der Waals surface area (Å²) in [7, 11) is 0. The molecule has 1 amide bonds. The first-order chi connectivity index (χ1) is 17.7. The first-order valence-corrected chi connectivity index (χ1v) is 11.1. The monoisotopic (exact) mass is 528 g/mol. The van der Waals surface area contributed by atoms with Crippen LogP contribution in [0.25, 0.3) is 5.69 Å². The van der Waals surface area contributed by atoms with E-state index in [9.17, 15) is 23.5 Å². The van der Waals surface area contributed by atoms with Gasteiger partial charge in [0.25, 0.3) is 11.5 Å². The number of aromatic nitrogens is 2. The van der Waals surface area contributed by atoms with E-state index in [0.717, 1.165) is 22.8 Å². The Morgan fingerprint density at radius 3 is 2.59 bits per heavy atom. The highest BCUT2D eigenvalue weighted by atomic mass is 35.5. The number of pyridine rings is 2. The smallest absolute Gasteiger partial charge is 0.271 e. The third kappa shape index (κ3) is 5.31. The molecule has 0 unspecified atom stereocenters. The molecule has 0 spiro atoms. The first kappa shape index (κ1) is 25.5. The molecule has 2 heterocycles. The molecule has 9 nitrogen and oxygen atoms in total. The van der Waals surface area contributed by atoms with Gasteiger partial charge >= 0.3 is 0 Å². The van der Waals surface area contributed by atoms with Gasteiger partial charge in [-0.3, -0.25) is 14.2 Å². The van der Waals surface area contributed by atoms with Crippen molar-refractivity contribution in [1.82, 2.24) is 9.55 Å². The van der Waals surface area contributed by atoms with Gasteiger partial charge in [0.05, 0.1) is 12.3 Å². The average Bonchev–Trinajstić information content (AvgIpc) is 2.85. The zero-order valence-corrected chi connectivity index (χ0v) is 19.9. The highest BCUT2D eigenvalue weighted by Gasteiger charge is 2.21. The summed E-state index contributed by atoms with van der Waals surface area (Å²) in [6.07, 6.45) is 2.67. The van der Waals surface area contributed by atoms with E-state index >= 15 is 0 Å². The molecule has 0 fully saturated rings. The number of hydrogen-bond acceptors (Lipinski definition) is 7. The van der Waals surface area contributed by atoms with Gasteiger partial charge < -0.3 is 25.6 Å². The van der Waals surface area contributed by atoms with Gasteiger partial charge in [0.1, 0.15) is 22.2 Å². The van der Waals surface area contributed by atoms with Crippen molar-refractivity contribution in [3.05, 3.63) is 93.5 Å². The summed E-state index contributed by atoms with van der Waals surface area (Å²) in [6, 6.07) is 9.66. The van der Waals surface area contributed by atoms with Crippen LogP contribution in [-0.2, 0) is 0 Å². The minimum atomic E-state index is -0.882. The van der Waals surface area contributed by atoms with Crippen molar-refractivity contribution in [3.8, 4) is 28.7 Å². The quantitative estimate of drug-likeness (QED) is 0.311. The molecule has 12 heteroatoms. The first-order valence-electron chi connectivity index (χ1n) is 10.8. The maximum Gasteiger partial charge on any atom is 0.271 e. The topological polar surface area (TPSA) is 129 Å². The van der Waals surface area contributed by atoms with Gasteiger partial charge in [-0.1, -0.05) is 11.6 Å². The van der Waals surface area contributed by atoms with Crippen LogP contribution in [-0.4, -0.2) is 27.2 Å². The number of nitrogens with zero attached hydrogens (tertiary/aromatic N) is 2. The van der Waals surface area contributed by atoms with Crippen LogP contribution in [0.1, 0.15) is 17.3 Å². The Morgan fingerprint density at radius 2 is 1.89 bits per heavy atom. The number of nitrogens with two attached hydrogens (primary N) is 1. The molecule has 0 saturated heterocycles. The molecule has 0 aliphatic carbocycles. The van der Waals surface area contributed by atoms with Crippen molar-refractivity contribution in [2.24, 2.45) is 0 Å². The number of nitrogen functional groups attached to an aromatic ring is 1. The Kier molecular flexibility index (Phi) is 7.25. The Labute approximate surface area is 213 Å². The molecule has 0 aliphatic rings. The van der Waals surface area contributed by atoms with Crippen LogP contribution in [0.4, 0.5) is 20.3 Å². The Morgan fingerprint density at radius 1 is 1.11 bits per heavy atom. The van der Waals surface area contributed by atoms with Crippen molar-refractivity contribution in [2.75, 3.05) is 17.7 Å². The predicted molar refractivity (Wildman–Crippen MR) is 133 cm³/mol. The molecule has 4 rings (SSSR count). The number of benzene rings is 2. The fourth-order valence-electron chi connectivity index (χ4n) is 3.35. The van der Waals surface area contributed by atoms with Gasteiger partial charge in [-0.05, 0) is 37.3 Å². The van der Waals surface area contributed by atoms with E-state index in [1.165, 1.54) is 42.7 Å². The number of amides is 1. The molecule has 2 aromatic heterocycles. The molecule has 4 N–H and O–H groups in total. The van der Waals surface area contributed by atoms with E-state index in [4.69, 9.17) is 26.8 Å². The zero-order chi connectivity index (χ0) is 26.7. The molecule has 0 bridgehead atoms. The highest BCUT2D eigenvalue weighted by Crippen LogP contribution is 2.34. The summed E-state index contributed by atoms with van der Waals surface area (Å²) < 4.78 is 40.2. The lowest BCUT2D eigenvalue weighted by atomic mass is 10.2. The number of anilines is 2. The Bertz CT molecular complexity index is 1560. The molecule has 0 radical (unpaired) electrons. The van der Waals surface area contributed by atoms with Crippen LogP contribution in [0.2, 0.25) is 5.02 Å². The van der Waals surface area contributed by atoms with Crippen molar-refractivity contribution >= 4 is 29.0 Å². The summed E-state index contributed by atoms with van der Waals surface area (Å²) in [5.41, 5.74) is 4.57. The SMILES string of the molecule is CCOc1ccn(-c2ccc(F)c(O)c2)c(=O)c1C(=O)Nc1ccc(Oc2ccnc(N)c2Cl)c(F)c1. The van der Waals surface area contributed by atoms with Crippen molar-refractivity contribution in [3.63, 3.8) is 0 Å². The Hall–Kier alpha value is -4.64. The van der Waals surface area contributed by atoms with E-state index < -0.39 is 28.9 Å². The summed E-state index contributed by atoms with van der Waals surface area (Å²) >= 11 is 6.02. The molecule has 190 valence electrons. The maximum atomic E-state index is 14.7. The van der Waals surface area contributed by atoms with Gasteiger partial charge in [0.15, 0.2) is 28.9 Å². The summed E-state index contributed by atoms with van der Waals surface area (Å²) in [5.74, 6) is -3.37. The fourth-order valence-corrected chi connectivity index (χ4v) is 3.50. The lowest BCUT2D eigenvalue weighted by Gasteiger charge is -2.14. The van der Waals surface area contributed by atoms with Crippen LogP contribution >= 0.6 is 11.6 Å². The Balaban J connectivity index is 1.64. The van der Waals surface area contributed by atoms with Gasteiger partial charge in [-0.25, -0.2) is 13.8 Å². The average molecular weight is 529 g/mol. The number of ether oxygens (including phenoxy) is 2. The largest absolute Gasteiger partial charge is 0.505 e. The van der Waals surface area contributed by atoms with E-state index in [1.54, 1.807) is 6.92 Å². The van der Waals surface area contributed by atoms with Gasteiger partial charge in [-0.2, -0.15) is 0 Å². The number of carbonyl (C=O) groups is 1. The van der Waals surface area contributed by atoms with Crippen molar-refractivity contribution < 1.29 is 28.2 Å². The fraction of sp³-hybridized carbons (Fsp3) is 0.0800. The molecule has 2 aromatic carbocycles. The van der Waals surface area contributed by atoms with Crippen molar-refractivity contribution in [2.45, 2.75) is 6.92 Å². The van der Waals surface area contributed by atoms with E-state index in [1.807, 2.05) is 0 Å². The lowest BCUT2D eigenvalue weighted by molar-refractivity contribution is 0.102. The number of hydrogen-bond donors (Lipinski definition) is 3. The molecule has 0 saturated carbocycles. The summed E-state index contributed by atoms with van der Waals surface area (Å²) in [4.78, 5) is 30.1. The zero-order valence-electron chi connectivity index (χ0n) is 19.2. The van der Waals surface area contributed by atoms with Gasteiger partial charge in [0, 0.05) is 36.3 Å². The minimum absolute atomic E-state index is 0.0116. The third-order valence-electron chi connectivity index (χ3n) is 5.08. The molecule has 37 heavy (non-hydrogen) atoms. The van der Waals surface area contributed by atoms with Crippen LogP contribution in [0.15, 0.2) is 65.7 Å². The van der Waals surface area contributed by atoms with E-state index in [-0.39, 0.29) is 51.6 Å². The number of carbonyl (C=O) groups excluding carboxylic acids is 1. The second kappa shape index (κ2) is 10.5. The second-order valence-electron chi connectivity index (χ2n) is 7.51. The number of aromatic hydroxyl groups is 1. The third-order valence-corrected chi connectivity index (χ3v) is 5.46. The molecule has 0 atom stereocenters. The van der Waals surface area contributed by atoms with Gasteiger partial charge in [-0.15, -0.1) is 0 Å². The van der Waals surface area contributed by atoms with Gasteiger partial charge in [0.2, 0.25) is 0 Å². The number of halogens is 3. The lowest BCUT2D eigenvalue weighted by Crippen LogP contribution is -2.29.